The molecule has 2 aliphatic heterocycles. The molecule has 6 rings (SSSR count). The number of fused-ring (bicyclic) bond motifs is 8. The van der Waals surface area contributed by atoms with Crippen LogP contribution in [0.1, 0.15) is 65.7 Å². The van der Waals surface area contributed by atoms with Gasteiger partial charge in [0.05, 0.1) is 41.5 Å². The van der Waals surface area contributed by atoms with Gasteiger partial charge in [-0.05, 0) is 63.4 Å². The molecular formula is C26H38O8. The van der Waals surface area contributed by atoms with E-state index in [0.717, 1.165) is 5.57 Å². The third-order valence-corrected chi connectivity index (χ3v) is 10.9. The number of ether oxygens (including phenoxy) is 3. The van der Waals surface area contributed by atoms with Crippen LogP contribution < -0.4 is 0 Å². The van der Waals surface area contributed by atoms with Crippen LogP contribution in [0.3, 0.4) is 0 Å². The molecular weight excluding hydrogens is 440 g/mol. The standard InChI is InChI=1S/C26H38O8/c1-22(2)33-15-9-19(34-22)25(13-27)21-17(4-6-24(25,30)10-15)26(31)7-5-16(14-8-20(29)32-12-14)23(26,3)11-18(21)28/h8,15-19,21,27-28,30-31H,4-7,9-13H2,1-3H3. The molecule has 10 unspecified atom stereocenters. The summed E-state index contributed by atoms with van der Waals surface area (Å²) in [6.45, 7) is 5.66. The Kier molecular flexibility index (Phi) is 4.84. The van der Waals surface area contributed by atoms with E-state index >= 15 is 0 Å². The van der Waals surface area contributed by atoms with Gasteiger partial charge in [0.25, 0.3) is 0 Å². The van der Waals surface area contributed by atoms with Gasteiger partial charge in [-0.3, -0.25) is 0 Å². The van der Waals surface area contributed by atoms with E-state index in [-0.39, 0.29) is 37.1 Å². The first-order valence-electron chi connectivity index (χ1n) is 12.9. The number of carbonyl (C=O) groups excluding carboxylic acids is 1. The number of carbonyl (C=O) groups is 1. The molecule has 5 fully saturated rings. The van der Waals surface area contributed by atoms with Crippen molar-refractivity contribution in [3.8, 4) is 0 Å². The van der Waals surface area contributed by atoms with Gasteiger partial charge in [-0.15, -0.1) is 0 Å². The summed E-state index contributed by atoms with van der Waals surface area (Å²) in [5, 5.41) is 47.2. The Labute approximate surface area is 200 Å². The van der Waals surface area contributed by atoms with E-state index in [1.807, 2.05) is 20.8 Å². The average molecular weight is 479 g/mol. The molecule has 0 spiro atoms. The number of aliphatic hydroxyl groups is 4. The fourth-order valence-electron chi connectivity index (χ4n) is 9.65. The molecule has 0 radical (unpaired) electrons. The maximum absolute atomic E-state index is 12.4. The van der Waals surface area contributed by atoms with Crippen LogP contribution in [0.4, 0.5) is 0 Å². The lowest BCUT2D eigenvalue weighted by atomic mass is 9.40. The van der Waals surface area contributed by atoms with Crippen LogP contribution in [0.15, 0.2) is 11.6 Å². The highest BCUT2D eigenvalue weighted by molar-refractivity contribution is 5.85. The Morgan fingerprint density at radius 3 is 2.53 bits per heavy atom. The van der Waals surface area contributed by atoms with Crippen LogP contribution >= 0.6 is 0 Å². The molecule has 0 aromatic heterocycles. The van der Waals surface area contributed by atoms with Crippen molar-refractivity contribution >= 4 is 5.97 Å². The molecule has 4 saturated carbocycles. The quantitative estimate of drug-likeness (QED) is 0.439. The predicted octanol–water partition coefficient (Wildman–Crippen LogP) is 1.43. The Bertz CT molecular complexity index is 932. The second-order valence-electron chi connectivity index (χ2n) is 12.6. The number of esters is 1. The van der Waals surface area contributed by atoms with Gasteiger partial charge < -0.3 is 34.6 Å². The fourth-order valence-corrected chi connectivity index (χ4v) is 9.65. The van der Waals surface area contributed by atoms with Crippen LogP contribution in [-0.4, -0.2) is 74.9 Å². The smallest absolute Gasteiger partial charge is 0.331 e. The minimum absolute atomic E-state index is 0.0561. The summed E-state index contributed by atoms with van der Waals surface area (Å²) >= 11 is 0. The molecule has 6 aliphatic rings. The maximum Gasteiger partial charge on any atom is 0.331 e. The molecule has 0 aromatic rings. The Balaban J connectivity index is 1.43. The highest BCUT2D eigenvalue weighted by Gasteiger charge is 2.76. The summed E-state index contributed by atoms with van der Waals surface area (Å²) in [6.07, 6.45) is 3.55. The molecule has 0 aromatic carbocycles. The molecule has 2 bridgehead atoms. The molecule has 8 heteroatoms. The summed E-state index contributed by atoms with van der Waals surface area (Å²) in [5.74, 6) is -2.07. The summed E-state index contributed by atoms with van der Waals surface area (Å²) in [7, 11) is 0. The van der Waals surface area contributed by atoms with E-state index in [0.29, 0.717) is 44.9 Å². The molecule has 4 aliphatic carbocycles. The molecule has 10 atom stereocenters. The predicted molar refractivity (Wildman–Crippen MR) is 119 cm³/mol. The van der Waals surface area contributed by atoms with E-state index < -0.39 is 45.9 Å². The van der Waals surface area contributed by atoms with E-state index in [1.165, 1.54) is 0 Å². The molecule has 190 valence electrons. The first-order valence-corrected chi connectivity index (χ1v) is 12.9. The Hall–Kier alpha value is -1.03. The average Bonchev–Trinajstić information content (AvgIpc) is 3.27. The van der Waals surface area contributed by atoms with Crippen molar-refractivity contribution in [1.29, 1.82) is 0 Å². The molecule has 8 nitrogen and oxygen atoms in total. The second-order valence-corrected chi connectivity index (χ2v) is 12.6. The molecule has 2 heterocycles. The van der Waals surface area contributed by atoms with Crippen molar-refractivity contribution < 1.29 is 39.4 Å². The van der Waals surface area contributed by atoms with Crippen molar-refractivity contribution in [3.05, 3.63) is 11.6 Å². The zero-order valence-electron chi connectivity index (χ0n) is 20.3. The van der Waals surface area contributed by atoms with Gasteiger partial charge in [-0.2, -0.15) is 0 Å². The normalized spacial score (nSPS) is 55.6. The van der Waals surface area contributed by atoms with E-state index in [1.54, 1.807) is 6.08 Å². The zero-order valence-corrected chi connectivity index (χ0v) is 20.3. The lowest BCUT2D eigenvalue weighted by Crippen LogP contribution is -2.77. The summed E-state index contributed by atoms with van der Waals surface area (Å²) in [4.78, 5) is 11.8. The number of cyclic esters (lactones) is 1. The van der Waals surface area contributed by atoms with Crippen molar-refractivity contribution in [1.82, 2.24) is 0 Å². The summed E-state index contributed by atoms with van der Waals surface area (Å²) < 4.78 is 17.6. The first kappa shape index (κ1) is 23.4. The van der Waals surface area contributed by atoms with Gasteiger partial charge in [0.15, 0.2) is 5.79 Å². The Morgan fingerprint density at radius 2 is 1.85 bits per heavy atom. The molecule has 1 saturated heterocycles. The molecule has 4 N–H and O–H groups in total. The molecule has 0 amide bonds. The van der Waals surface area contributed by atoms with Crippen molar-refractivity contribution in [2.45, 2.75) is 101 Å². The lowest BCUT2D eigenvalue weighted by Gasteiger charge is -2.70. The SMILES string of the molecule is CC1(C)OC2CC(O1)C1(CO)C3C(O)CC4(C)C(C5=CC(=O)OC5)CCC4(O)C3CCC1(O)C2. The van der Waals surface area contributed by atoms with Crippen molar-refractivity contribution in [3.63, 3.8) is 0 Å². The zero-order chi connectivity index (χ0) is 24.3. The van der Waals surface area contributed by atoms with Crippen molar-refractivity contribution in [2.75, 3.05) is 13.2 Å². The third-order valence-electron chi connectivity index (χ3n) is 10.9. The van der Waals surface area contributed by atoms with E-state index in [4.69, 9.17) is 14.2 Å². The fraction of sp³-hybridized carbons (Fsp3) is 0.885. The minimum Gasteiger partial charge on any atom is -0.458 e. The van der Waals surface area contributed by atoms with Crippen LogP contribution in [0.25, 0.3) is 0 Å². The van der Waals surface area contributed by atoms with E-state index in [9.17, 15) is 25.2 Å². The first-order chi connectivity index (χ1) is 15.9. The van der Waals surface area contributed by atoms with Crippen LogP contribution in [0.2, 0.25) is 0 Å². The maximum atomic E-state index is 12.4. The van der Waals surface area contributed by atoms with Crippen molar-refractivity contribution in [2.24, 2.45) is 28.6 Å². The number of rotatable bonds is 2. The minimum atomic E-state index is -1.25. The molecule has 34 heavy (non-hydrogen) atoms. The van der Waals surface area contributed by atoms with Gasteiger partial charge >= 0.3 is 5.97 Å². The van der Waals surface area contributed by atoms with Crippen LogP contribution in [-0.2, 0) is 19.0 Å². The summed E-state index contributed by atoms with van der Waals surface area (Å²) in [6, 6.07) is 0. The highest BCUT2D eigenvalue weighted by Crippen LogP contribution is 2.71. The second kappa shape index (κ2) is 7.05. The van der Waals surface area contributed by atoms with Gasteiger partial charge in [-0.1, -0.05) is 6.92 Å². The lowest BCUT2D eigenvalue weighted by molar-refractivity contribution is -0.398. The van der Waals surface area contributed by atoms with Gasteiger partial charge in [0.2, 0.25) is 0 Å². The summed E-state index contributed by atoms with van der Waals surface area (Å²) in [5.41, 5.74) is -3.16. The van der Waals surface area contributed by atoms with Gasteiger partial charge in [0.1, 0.15) is 6.61 Å². The highest BCUT2D eigenvalue weighted by atomic mass is 16.7. The number of aliphatic hydroxyl groups excluding tert-OH is 2. The largest absolute Gasteiger partial charge is 0.458 e. The topological polar surface area (TPSA) is 126 Å². The number of hydrogen-bond donors (Lipinski definition) is 4. The monoisotopic (exact) mass is 478 g/mol. The third kappa shape index (κ3) is 2.73. The van der Waals surface area contributed by atoms with E-state index in [2.05, 4.69) is 0 Å². The van der Waals surface area contributed by atoms with Crippen LogP contribution in [0.5, 0.6) is 0 Å². The van der Waals surface area contributed by atoms with Gasteiger partial charge in [0, 0.05) is 30.3 Å². The van der Waals surface area contributed by atoms with Gasteiger partial charge in [-0.25, -0.2) is 4.79 Å². The van der Waals surface area contributed by atoms with Crippen LogP contribution in [0, 0.1) is 28.6 Å². The Morgan fingerprint density at radius 1 is 1.09 bits per heavy atom. The number of hydrogen-bond acceptors (Lipinski definition) is 8.